The molecule has 5 nitrogen and oxygen atoms in total. The number of fused-ring (bicyclic) bond motifs is 1. The molecular weight excluding hydrogens is 382 g/mol. The summed E-state index contributed by atoms with van der Waals surface area (Å²) in [6.45, 7) is 0. The van der Waals surface area contributed by atoms with Gasteiger partial charge in [0.15, 0.2) is 0 Å². The van der Waals surface area contributed by atoms with E-state index in [2.05, 4.69) is 15.3 Å². The molecule has 1 amide bonds. The van der Waals surface area contributed by atoms with Gasteiger partial charge >= 0.3 is 0 Å². The molecule has 6 heteroatoms. The summed E-state index contributed by atoms with van der Waals surface area (Å²) in [5, 5.41) is 4.22. The van der Waals surface area contributed by atoms with Crippen molar-refractivity contribution in [1.29, 1.82) is 0 Å². The molecule has 144 valence electrons. The molecule has 0 saturated carbocycles. The molecule has 0 aliphatic carbocycles. The second kappa shape index (κ2) is 8.75. The van der Waals surface area contributed by atoms with Crippen molar-refractivity contribution in [2.45, 2.75) is 10.3 Å². The van der Waals surface area contributed by atoms with E-state index in [0.717, 1.165) is 21.5 Å². The van der Waals surface area contributed by atoms with E-state index in [1.165, 1.54) is 18.1 Å². The van der Waals surface area contributed by atoms with Gasteiger partial charge in [-0.15, -0.1) is 0 Å². The number of aromatic nitrogens is 2. The Morgan fingerprint density at radius 3 is 2.59 bits per heavy atom. The smallest absolute Gasteiger partial charge is 0.242 e. The molecule has 0 radical (unpaired) electrons. The van der Waals surface area contributed by atoms with Crippen LogP contribution in [0.2, 0.25) is 0 Å². The fourth-order valence-corrected chi connectivity index (χ4v) is 4.09. The van der Waals surface area contributed by atoms with Crippen molar-refractivity contribution in [3.05, 3.63) is 90.8 Å². The van der Waals surface area contributed by atoms with Crippen LogP contribution in [0.5, 0.6) is 5.75 Å². The van der Waals surface area contributed by atoms with Gasteiger partial charge in [-0.05, 0) is 23.8 Å². The van der Waals surface area contributed by atoms with Crippen LogP contribution in [0.15, 0.2) is 90.2 Å². The third kappa shape index (κ3) is 4.38. The maximum absolute atomic E-state index is 13.2. The van der Waals surface area contributed by atoms with Crippen LogP contribution in [-0.4, -0.2) is 23.0 Å². The third-order valence-corrected chi connectivity index (χ3v) is 5.68. The highest BCUT2D eigenvalue weighted by Crippen LogP contribution is 2.38. The first-order valence-electron chi connectivity index (χ1n) is 9.11. The van der Waals surface area contributed by atoms with Crippen molar-refractivity contribution in [3.8, 4) is 5.75 Å². The fraction of sp³-hybridized carbons (Fsp3) is 0.0870. The molecule has 0 aliphatic heterocycles. The second-order valence-corrected chi connectivity index (χ2v) is 7.42. The molecule has 1 unspecified atom stereocenters. The van der Waals surface area contributed by atoms with Crippen LogP contribution >= 0.6 is 11.8 Å². The van der Waals surface area contributed by atoms with Crippen LogP contribution in [0.3, 0.4) is 0 Å². The number of benzene rings is 3. The third-order valence-electron chi connectivity index (χ3n) is 4.41. The first-order valence-corrected chi connectivity index (χ1v) is 9.99. The number of hydrogen-bond acceptors (Lipinski definition) is 5. The molecule has 3 aromatic carbocycles. The van der Waals surface area contributed by atoms with E-state index in [9.17, 15) is 4.79 Å². The Morgan fingerprint density at radius 1 is 0.966 bits per heavy atom. The molecule has 0 fully saturated rings. The van der Waals surface area contributed by atoms with Crippen molar-refractivity contribution < 1.29 is 9.53 Å². The van der Waals surface area contributed by atoms with Crippen molar-refractivity contribution in [3.63, 3.8) is 0 Å². The maximum atomic E-state index is 13.2. The average molecular weight is 401 g/mol. The van der Waals surface area contributed by atoms with Crippen LogP contribution in [0.25, 0.3) is 10.9 Å². The van der Waals surface area contributed by atoms with E-state index in [1.54, 1.807) is 13.2 Å². The summed E-state index contributed by atoms with van der Waals surface area (Å²) in [5.74, 6) is 0.561. The molecule has 1 atom stereocenters. The lowest BCUT2D eigenvalue weighted by Crippen LogP contribution is -2.19. The number of para-hydroxylation sites is 1. The number of nitrogens with one attached hydrogen (secondary N) is 1. The predicted molar refractivity (Wildman–Crippen MR) is 116 cm³/mol. The monoisotopic (exact) mass is 401 g/mol. The Hall–Kier alpha value is -3.38. The Balaban J connectivity index is 1.67. The van der Waals surface area contributed by atoms with Gasteiger partial charge in [0, 0.05) is 17.1 Å². The zero-order valence-corrected chi connectivity index (χ0v) is 16.6. The summed E-state index contributed by atoms with van der Waals surface area (Å²) in [5.41, 5.74) is 2.44. The molecule has 4 aromatic rings. The minimum atomic E-state index is -0.472. The Bertz CT molecular complexity index is 1130. The number of methoxy groups -OCH3 is 1. The number of thioether (sulfide) groups is 1. The number of amides is 1. The van der Waals surface area contributed by atoms with Gasteiger partial charge in [-0.1, -0.05) is 66.4 Å². The Kier molecular flexibility index (Phi) is 5.72. The highest BCUT2D eigenvalue weighted by atomic mass is 32.2. The Morgan fingerprint density at radius 2 is 1.76 bits per heavy atom. The number of carbonyl (C=O) groups is 1. The molecule has 1 heterocycles. The minimum Gasteiger partial charge on any atom is -0.497 e. The molecule has 0 aliphatic rings. The van der Waals surface area contributed by atoms with Crippen LogP contribution in [0.1, 0.15) is 10.8 Å². The standard InChI is InChI=1S/C23H19N3O2S/c1-28-18-11-7-10-17(14-18)26-22(27)21(16-8-3-2-4-9-16)29-23-19-12-5-6-13-20(19)24-15-25-23/h2-15,21H,1H3,(H,26,27). The topological polar surface area (TPSA) is 64.1 Å². The van der Waals surface area contributed by atoms with Gasteiger partial charge in [0.25, 0.3) is 0 Å². The largest absolute Gasteiger partial charge is 0.497 e. The summed E-state index contributed by atoms with van der Waals surface area (Å²) in [7, 11) is 1.60. The number of anilines is 1. The number of rotatable bonds is 6. The number of hydrogen-bond donors (Lipinski definition) is 1. The summed E-state index contributed by atoms with van der Waals surface area (Å²) in [6, 6.07) is 24.8. The lowest BCUT2D eigenvalue weighted by Gasteiger charge is -2.17. The van der Waals surface area contributed by atoms with E-state index in [4.69, 9.17) is 4.74 Å². The predicted octanol–water partition coefficient (Wildman–Crippen LogP) is 5.11. The van der Waals surface area contributed by atoms with E-state index >= 15 is 0 Å². The summed E-state index contributed by atoms with van der Waals surface area (Å²) in [6.07, 6.45) is 1.53. The number of carbonyl (C=O) groups excluding carboxylic acids is 1. The van der Waals surface area contributed by atoms with Crippen molar-refractivity contribution in [2.24, 2.45) is 0 Å². The normalized spacial score (nSPS) is 11.8. The van der Waals surface area contributed by atoms with Crippen molar-refractivity contribution in [1.82, 2.24) is 9.97 Å². The highest BCUT2D eigenvalue weighted by molar-refractivity contribution is 8.00. The molecule has 1 aromatic heterocycles. The summed E-state index contributed by atoms with van der Waals surface area (Å²) in [4.78, 5) is 22.0. The van der Waals surface area contributed by atoms with Crippen molar-refractivity contribution >= 4 is 34.3 Å². The van der Waals surface area contributed by atoms with E-state index in [-0.39, 0.29) is 5.91 Å². The lowest BCUT2D eigenvalue weighted by molar-refractivity contribution is -0.115. The van der Waals surface area contributed by atoms with Gasteiger partial charge in [0.1, 0.15) is 22.4 Å². The van der Waals surface area contributed by atoms with Crippen LogP contribution in [0, 0.1) is 0 Å². The van der Waals surface area contributed by atoms with E-state index < -0.39 is 5.25 Å². The van der Waals surface area contributed by atoms with Gasteiger partial charge in [0.2, 0.25) is 5.91 Å². The fourth-order valence-electron chi connectivity index (χ4n) is 3.00. The van der Waals surface area contributed by atoms with Crippen molar-refractivity contribution in [2.75, 3.05) is 12.4 Å². The second-order valence-electron chi connectivity index (χ2n) is 6.33. The molecular formula is C23H19N3O2S. The van der Waals surface area contributed by atoms with Crippen LogP contribution in [-0.2, 0) is 4.79 Å². The summed E-state index contributed by atoms with van der Waals surface area (Å²) < 4.78 is 5.25. The minimum absolute atomic E-state index is 0.128. The summed E-state index contributed by atoms with van der Waals surface area (Å²) >= 11 is 1.41. The molecule has 1 N–H and O–H groups in total. The van der Waals surface area contributed by atoms with Gasteiger partial charge < -0.3 is 10.1 Å². The average Bonchev–Trinajstić information content (AvgIpc) is 2.78. The molecule has 29 heavy (non-hydrogen) atoms. The zero-order chi connectivity index (χ0) is 20.1. The SMILES string of the molecule is COc1cccc(NC(=O)C(Sc2ncnc3ccccc23)c2ccccc2)c1. The van der Waals surface area contributed by atoms with Gasteiger partial charge in [0.05, 0.1) is 12.6 Å². The molecule has 0 bridgehead atoms. The first-order chi connectivity index (χ1) is 14.2. The van der Waals surface area contributed by atoms with Gasteiger partial charge in [-0.2, -0.15) is 0 Å². The van der Waals surface area contributed by atoms with Gasteiger partial charge in [-0.3, -0.25) is 4.79 Å². The number of nitrogens with zero attached hydrogens (tertiary/aromatic N) is 2. The Labute approximate surface area is 173 Å². The number of ether oxygens (including phenoxy) is 1. The lowest BCUT2D eigenvalue weighted by atomic mass is 10.1. The first kappa shape index (κ1) is 19.0. The molecule has 0 saturated heterocycles. The molecule has 0 spiro atoms. The van der Waals surface area contributed by atoms with E-state index in [0.29, 0.717) is 11.4 Å². The highest BCUT2D eigenvalue weighted by Gasteiger charge is 2.24. The van der Waals surface area contributed by atoms with Gasteiger partial charge in [-0.25, -0.2) is 9.97 Å². The van der Waals surface area contributed by atoms with Crippen LogP contribution in [0.4, 0.5) is 5.69 Å². The molecule has 4 rings (SSSR count). The zero-order valence-electron chi connectivity index (χ0n) is 15.8. The quantitative estimate of drug-likeness (QED) is 0.359. The van der Waals surface area contributed by atoms with E-state index in [1.807, 2.05) is 72.8 Å². The van der Waals surface area contributed by atoms with Crippen LogP contribution < -0.4 is 10.1 Å². The maximum Gasteiger partial charge on any atom is 0.242 e.